The molecule has 3 aromatic rings. The number of hydrogen-bond acceptors (Lipinski definition) is 4. The number of halogens is 1. The second-order valence-corrected chi connectivity index (χ2v) is 4.76. The summed E-state index contributed by atoms with van der Waals surface area (Å²) in [6.07, 6.45) is 0.830. The number of nitrogens with zero attached hydrogens (tertiary/aromatic N) is 1. The molecular formula is C13H9ClN2O2. The molecular weight excluding hydrogens is 252 g/mol. The molecule has 4 rings (SSSR count). The smallest absolute Gasteiger partial charge is 0.219 e. The molecule has 1 aromatic carbocycles. The minimum atomic E-state index is 0.359. The van der Waals surface area contributed by atoms with Gasteiger partial charge in [0.15, 0.2) is 11.4 Å². The van der Waals surface area contributed by atoms with E-state index in [1.807, 2.05) is 12.1 Å². The first-order chi connectivity index (χ1) is 8.74. The molecule has 0 saturated carbocycles. The second-order valence-electron chi connectivity index (χ2n) is 4.33. The predicted octanol–water partition coefficient (Wildman–Crippen LogP) is 3.15. The normalized spacial score (nSPS) is 14.1. The maximum atomic E-state index is 5.97. The molecule has 90 valence electrons. The largest absolute Gasteiger partial charge is 0.477 e. The van der Waals surface area contributed by atoms with Gasteiger partial charge in [-0.1, -0.05) is 11.6 Å². The van der Waals surface area contributed by atoms with E-state index in [2.05, 4.69) is 4.98 Å². The van der Waals surface area contributed by atoms with Crippen LogP contribution in [0.5, 0.6) is 5.88 Å². The summed E-state index contributed by atoms with van der Waals surface area (Å²) in [6.45, 7) is 0.640. The van der Waals surface area contributed by atoms with Gasteiger partial charge in [-0.2, -0.15) is 4.98 Å². The minimum Gasteiger partial charge on any atom is -0.477 e. The van der Waals surface area contributed by atoms with Crippen molar-refractivity contribution in [1.82, 2.24) is 4.98 Å². The molecule has 0 fully saturated rings. The second kappa shape index (κ2) is 3.29. The van der Waals surface area contributed by atoms with Crippen LogP contribution < -0.4 is 10.5 Å². The maximum absolute atomic E-state index is 5.97. The van der Waals surface area contributed by atoms with Crippen molar-refractivity contribution in [3.8, 4) is 5.88 Å². The van der Waals surface area contributed by atoms with E-state index in [1.54, 1.807) is 6.07 Å². The fraction of sp³-hybridized carbons (Fsp3) is 0.154. The van der Waals surface area contributed by atoms with Gasteiger partial charge in [-0.05, 0) is 12.1 Å². The van der Waals surface area contributed by atoms with Crippen LogP contribution >= 0.6 is 11.6 Å². The van der Waals surface area contributed by atoms with E-state index in [4.69, 9.17) is 26.5 Å². The van der Waals surface area contributed by atoms with Gasteiger partial charge in [-0.3, -0.25) is 0 Å². The molecule has 0 spiro atoms. The van der Waals surface area contributed by atoms with Gasteiger partial charge < -0.3 is 14.9 Å². The molecule has 2 aromatic heterocycles. The summed E-state index contributed by atoms with van der Waals surface area (Å²) >= 11 is 5.97. The molecule has 3 heterocycles. The number of furan rings is 1. The summed E-state index contributed by atoms with van der Waals surface area (Å²) in [5.41, 5.74) is 8.33. The number of anilines is 1. The summed E-state index contributed by atoms with van der Waals surface area (Å²) in [6, 6.07) is 5.58. The Balaban J connectivity index is 2.26. The molecule has 4 nitrogen and oxygen atoms in total. The molecule has 0 bridgehead atoms. The van der Waals surface area contributed by atoms with E-state index >= 15 is 0 Å². The highest BCUT2D eigenvalue weighted by Gasteiger charge is 2.23. The average molecular weight is 261 g/mol. The molecule has 0 amide bonds. The van der Waals surface area contributed by atoms with Gasteiger partial charge in [0.1, 0.15) is 5.58 Å². The third-order valence-electron chi connectivity index (χ3n) is 3.26. The van der Waals surface area contributed by atoms with Gasteiger partial charge in [0.05, 0.1) is 6.61 Å². The van der Waals surface area contributed by atoms with Gasteiger partial charge in [-0.25, -0.2) is 0 Å². The highest BCUT2D eigenvalue weighted by atomic mass is 35.5. The minimum absolute atomic E-state index is 0.359. The van der Waals surface area contributed by atoms with Crippen LogP contribution in [0.25, 0.3) is 21.9 Å². The topological polar surface area (TPSA) is 61.3 Å². The monoisotopic (exact) mass is 260 g/mol. The Morgan fingerprint density at radius 2 is 2.22 bits per heavy atom. The Morgan fingerprint density at radius 3 is 3.11 bits per heavy atom. The molecule has 0 unspecified atom stereocenters. The van der Waals surface area contributed by atoms with Crippen LogP contribution in [0.4, 0.5) is 5.82 Å². The zero-order valence-electron chi connectivity index (χ0n) is 9.37. The standard InChI is InChI=1S/C13H9ClN2O2/c14-6-1-2-7-9(5-6)18-11-10(7)8-3-4-17-13(8)16-12(11)15/h1-2,5H,3-4H2,(H2,15,16). The number of benzene rings is 1. The fourth-order valence-corrected chi connectivity index (χ4v) is 2.65. The number of nitrogens with two attached hydrogens (primary N) is 1. The fourth-order valence-electron chi connectivity index (χ4n) is 2.49. The van der Waals surface area contributed by atoms with Crippen LogP contribution in [0.2, 0.25) is 5.02 Å². The lowest BCUT2D eigenvalue weighted by Crippen LogP contribution is -1.93. The van der Waals surface area contributed by atoms with Crippen molar-refractivity contribution in [2.24, 2.45) is 0 Å². The van der Waals surface area contributed by atoms with E-state index in [0.717, 1.165) is 28.3 Å². The molecule has 0 atom stereocenters. The molecule has 0 aliphatic carbocycles. The quantitative estimate of drug-likeness (QED) is 0.674. The number of pyridine rings is 1. The highest BCUT2D eigenvalue weighted by Crippen LogP contribution is 2.40. The predicted molar refractivity (Wildman–Crippen MR) is 70.1 cm³/mol. The van der Waals surface area contributed by atoms with Crippen LogP contribution in [-0.2, 0) is 6.42 Å². The van der Waals surface area contributed by atoms with E-state index in [-0.39, 0.29) is 0 Å². The van der Waals surface area contributed by atoms with Gasteiger partial charge in [-0.15, -0.1) is 0 Å². The maximum Gasteiger partial charge on any atom is 0.219 e. The van der Waals surface area contributed by atoms with E-state index in [1.165, 1.54) is 0 Å². The molecule has 1 aliphatic rings. The Labute approximate surface area is 107 Å². The first kappa shape index (κ1) is 10.0. The lowest BCUT2D eigenvalue weighted by Gasteiger charge is -2.01. The molecule has 0 saturated heterocycles. The molecule has 5 heteroatoms. The summed E-state index contributed by atoms with van der Waals surface area (Å²) in [5.74, 6) is 0.982. The molecule has 18 heavy (non-hydrogen) atoms. The van der Waals surface area contributed by atoms with E-state index in [0.29, 0.717) is 28.9 Å². The molecule has 1 aliphatic heterocycles. The SMILES string of the molecule is Nc1nc2c(c3c1oc1cc(Cl)ccc13)CCO2. The van der Waals surface area contributed by atoms with E-state index < -0.39 is 0 Å². The number of nitrogen functional groups attached to an aromatic ring is 1. The number of aromatic nitrogens is 1. The van der Waals surface area contributed by atoms with Crippen LogP contribution in [-0.4, -0.2) is 11.6 Å². The summed E-state index contributed by atoms with van der Waals surface area (Å²) in [7, 11) is 0. The van der Waals surface area contributed by atoms with Crippen LogP contribution in [0.15, 0.2) is 22.6 Å². The van der Waals surface area contributed by atoms with Crippen molar-refractivity contribution < 1.29 is 9.15 Å². The summed E-state index contributed by atoms with van der Waals surface area (Å²) in [5, 5.41) is 2.65. The Morgan fingerprint density at radius 1 is 1.33 bits per heavy atom. The first-order valence-corrected chi connectivity index (χ1v) is 6.05. The van der Waals surface area contributed by atoms with Crippen LogP contribution in [0.3, 0.4) is 0 Å². The van der Waals surface area contributed by atoms with Gasteiger partial charge >= 0.3 is 0 Å². The number of hydrogen-bond donors (Lipinski definition) is 1. The van der Waals surface area contributed by atoms with Crippen LogP contribution in [0, 0.1) is 0 Å². The number of fused-ring (bicyclic) bond motifs is 5. The average Bonchev–Trinajstić information content (AvgIpc) is 2.91. The third kappa shape index (κ3) is 1.18. The highest BCUT2D eigenvalue weighted by molar-refractivity contribution is 6.31. The molecule has 2 N–H and O–H groups in total. The van der Waals surface area contributed by atoms with Crippen molar-refractivity contribution in [3.63, 3.8) is 0 Å². The summed E-state index contributed by atoms with van der Waals surface area (Å²) < 4.78 is 11.2. The van der Waals surface area contributed by atoms with Crippen molar-refractivity contribution in [2.45, 2.75) is 6.42 Å². The Hall–Kier alpha value is -1.94. The lowest BCUT2D eigenvalue weighted by molar-refractivity contribution is 0.345. The lowest BCUT2D eigenvalue weighted by atomic mass is 10.1. The van der Waals surface area contributed by atoms with Crippen molar-refractivity contribution >= 4 is 39.4 Å². The van der Waals surface area contributed by atoms with E-state index in [9.17, 15) is 0 Å². The van der Waals surface area contributed by atoms with Crippen molar-refractivity contribution in [2.75, 3.05) is 12.3 Å². The Bertz CT molecular complexity index is 795. The zero-order valence-corrected chi connectivity index (χ0v) is 10.1. The first-order valence-electron chi connectivity index (χ1n) is 5.67. The van der Waals surface area contributed by atoms with Crippen LogP contribution in [0.1, 0.15) is 5.56 Å². The third-order valence-corrected chi connectivity index (χ3v) is 3.49. The Kier molecular flexibility index (Phi) is 1.84. The van der Waals surface area contributed by atoms with Gasteiger partial charge in [0.2, 0.25) is 5.88 Å². The molecule has 0 radical (unpaired) electrons. The van der Waals surface area contributed by atoms with Crippen molar-refractivity contribution in [1.29, 1.82) is 0 Å². The van der Waals surface area contributed by atoms with Gasteiger partial charge in [0, 0.05) is 33.8 Å². The summed E-state index contributed by atoms with van der Waals surface area (Å²) in [4.78, 5) is 4.23. The van der Waals surface area contributed by atoms with Gasteiger partial charge in [0.25, 0.3) is 0 Å². The number of rotatable bonds is 0. The number of ether oxygens (including phenoxy) is 1. The van der Waals surface area contributed by atoms with Crippen molar-refractivity contribution in [3.05, 3.63) is 28.8 Å². The zero-order chi connectivity index (χ0) is 12.3.